The van der Waals surface area contributed by atoms with Gasteiger partial charge in [0.05, 0.1) is 16.3 Å². The van der Waals surface area contributed by atoms with Gasteiger partial charge in [-0.2, -0.15) is 0 Å². The summed E-state index contributed by atoms with van der Waals surface area (Å²) in [4.78, 5) is 12.2. The van der Waals surface area contributed by atoms with Gasteiger partial charge in [-0.05, 0) is 42.4 Å². The highest BCUT2D eigenvalue weighted by Crippen LogP contribution is 2.60. The summed E-state index contributed by atoms with van der Waals surface area (Å²) >= 11 is 4.20. The lowest BCUT2D eigenvalue weighted by Crippen LogP contribution is -2.42. The van der Waals surface area contributed by atoms with Crippen LogP contribution in [0.3, 0.4) is 0 Å². The lowest BCUT2D eigenvalue weighted by molar-refractivity contribution is -0.119. The SMILES string of the molecule is O=C1CC[C@@H]2[C@H]1c1occc1CC21SCCCS1. The predicted octanol–water partition coefficient (Wildman–Crippen LogP) is 3.46. The number of Topliss-reactive ketones (excluding diaryl/α,β-unsaturated/α-hetero) is 1. The molecule has 0 radical (unpaired) electrons. The summed E-state index contributed by atoms with van der Waals surface area (Å²) in [5.41, 5.74) is 1.29. The second-order valence-electron chi connectivity index (χ2n) is 5.44. The Kier molecular flexibility index (Phi) is 2.60. The average molecular weight is 280 g/mol. The summed E-state index contributed by atoms with van der Waals surface area (Å²) in [6.45, 7) is 0. The van der Waals surface area contributed by atoms with Gasteiger partial charge in [0, 0.05) is 12.3 Å². The van der Waals surface area contributed by atoms with Gasteiger partial charge in [-0.3, -0.25) is 4.79 Å². The molecule has 2 aliphatic carbocycles. The molecule has 0 amide bonds. The predicted molar refractivity (Wildman–Crippen MR) is 75.1 cm³/mol. The first-order valence-electron chi connectivity index (χ1n) is 6.67. The van der Waals surface area contributed by atoms with E-state index >= 15 is 0 Å². The van der Waals surface area contributed by atoms with E-state index in [2.05, 4.69) is 29.6 Å². The lowest BCUT2D eigenvalue weighted by atomic mass is 9.80. The molecule has 0 N–H and O–H groups in total. The van der Waals surface area contributed by atoms with Crippen LogP contribution in [0.5, 0.6) is 0 Å². The summed E-state index contributed by atoms with van der Waals surface area (Å²) in [6, 6.07) is 2.08. The van der Waals surface area contributed by atoms with E-state index in [4.69, 9.17) is 4.42 Å². The van der Waals surface area contributed by atoms with Gasteiger partial charge in [-0.25, -0.2) is 0 Å². The van der Waals surface area contributed by atoms with E-state index < -0.39 is 0 Å². The highest BCUT2D eigenvalue weighted by molar-refractivity contribution is 8.18. The van der Waals surface area contributed by atoms with Crippen LogP contribution in [0, 0.1) is 5.92 Å². The molecule has 1 aromatic heterocycles. The van der Waals surface area contributed by atoms with Crippen LogP contribution in [-0.4, -0.2) is 21.4 Å². The molecule has 2 atom stereocenters. The standard InChI is InChI=1S/C14H16O2S2/c15-11-3-2-10-12(11)13-9(4-5-16-13)8-14(10)17-6-1-7-18-14/h4-5,10,12H,1-3,6-8H2/t10-,12-/m1/s1. The van der Waals surface area contributed by atoms with Gasteiger partial charge in [-0.15, -0.1) is 23.5 Å². The summed E-state index contributed by atoms with van der Waals surface area (Å²) in [7, 11) is 0. The van der Waals surface area contributed by atoms with E-state index in [1.165, 1.54) is 23.5 Å². The minimum Gasteiger partial charge on any atom is -0.468 e. The fourth-order valence-corrected chi connectivity index (χ4v) is 7.45. The van der Waals surface area contributed by atoms with E-state index in [0.29, 0.717) is 11.7 Å². The van der Waals surface area contributed by atoms with E-state index in [1.54, 1.807) is 6.26 Å². The highest BCUT2D eigenvalue weighted by atomic mass is 32.2. The Morgan fingerprint density at radius 2 is 2.17 bits per heavy atom. The van der Waals surface area contributed by atoms with Crippen LogP contribution in [0.4, 0.5) is 0 Å². The quantitative estimate of drug-likeness (QED) is 0.728. The monoisotopic (exact) mass is 280 g/mol. The van der Waals surface area contributed by atoms with Crippen molar-refractivity contribution >= 4 is 29.3 Å². The summed E-state index contributed by atoms with van der Waals surface area (Å²) in [5.74, 6) is 4.44. The number of ketones is 1. The van der Waals surface area contributed by atoms with Crippen LogP contribution in [0.2, 0.25) is 0 Å². The summed E-state index contributed by atoms with van der Waals surface area (Å²) in [6.07, 6.45) is 5.97. The minimum absolute atomic E-state index is 0.0573. The molecule has 1 aliphatic heterocycles. The Balaban J connectivity index is 1.82. The molecule has 4 heteroatoms. The van der Waals surface area contributed by atoms with Crippen molar-refractivity contribution in [2.45, 2.75) is 35.7 Å². The van der Waals surface area contributed by atoms with Crippen LogP contribution in [-0.2, 0) is 11.2 Å². The third-order valence-corrected chi connectivity index (χ3v) is 8.06. The molecular formula is C14H16O2S2. The van der Waals surface area contributed by atoms with E-state index in [0.717, 1.165) is 25.0 Å². The van der Waals surface area contributed by atoms with E-state index in [1.807, 2.05) is 0 Å². The zero-order valence-corrected chi connectivity index (χ0v) is 11.8. The molecule has 1 saturated carbocycles. The molecule has 0 aromatic carbocycles. The highest BCUT2D eigenvalue weighted by Gasteiger charge is 2.55. The minimum atomic E-state index is 0.0573. The van der Waals surface area contributed by atoms with Gasteiger partial charge in [-0.1, -0.05) is 0 Å². The van der Waals surface area contributed by atoms with Crippen molar-refractivity contribution in [3.8, 4) is 0 Å². The normalized spacial score (nSPS) is 33.4. The topological polar surface area (TPSA) is 30.2 Å². The molecule has 1 aromatic rings. The molecule has 96 valence electrons. The lowest BCUT2D eigenvalue weighted by Gasteiger charge is -2.45. The maximum Gasteiger partial charge on any atom is 0.143 e. The van der Waals surface area contributed by atoms with Crippen molar-refractivity contribution in [2.24, 2.45) is 5.92 Å². The number of furan rings is 1. The molecule has 2 heterocycles. The first kappa shape index (κ1) is 11.5. The van der Waals surface area contributed by atoms with Crippen molar-refractivity contribution in [3.05, 3.63) is 23.7 Å². The third-order valence-electron chi connectivity index (χ3n) is 4.50. The van der Waals surface area contributed by atoms with Crippen molar-refractivity contribution in [2.75, 3.05) is 11.5 Å². The van der Waals surface area contributed by atoms with E-state index in [9.17, 15) is 4.79 Å². The number of hydrogen-bond donors (Lipinski definition) is 0. The zero-order valence-electron chi connectivity index (χ0n) is 10.2. The number of carbonyl (C=O) groups excluding carboxylic acids is 1. The van der Waals surface area contributed by atoms with Crippen molar-refractivity contribution < 1.29 is 9.21 Å². The Labute approximate surface area is 115 Å². The number of thioether (sulfide) groups is 2. The molecule has 2 fully saturated rings. The Bertz CT molecular complexity index is 488. The first-order chi connectivity index (χ1) is 8.80. The third kappa shape index (κ3) is 1.48. The molecule has 3 aliphatic rings. The largest absolute Gasteiger partial charge is 0.468 e. The van der Waals surface area contributed by atoms with Crippen LogP contribution in [0.25, 0.3) is 0 Å². The van der Waals surface area contributed by atoms with Gasteiger partial charge in [0.2, 0.25) is 0 Å². The summed E-state index contributed by atoms with van der Waals surface area (Å²) in [5, 5.41) is 0. The fraction of sp³-hybridized carbons (Fsp3) is 0.643. The maximum atomic E-state index is 12.2. The summed E-state index contributed by atoms with van der Waals surface area (Å²) < 4.78 is 5.89. The molecular weight excluding hydrogens is 264 g/mol. The molecule has 1 spiro atoms. The molecule has 1 saturated heterocycles. The van der Waals surface area contributed by atoms with Crippen LogP contribution < -0.4 is 0 Å². The number of rotatable bonds is 0. The van der Waals surface area contributed by atoms with Gasteiger partial charge in [0.1, 0.15) is 11.5 Å². The smallest absolute Gasteiger partial charge is 0.143 e. The molecule has 0 bridgehead atoms. The van der Waals surface area contributed by atoms with Gasteiger partial charge < -0.3 is 4.42 Å². The molecule has 4 rings (SSSR count). The maximum absolute atomic E-state index is 12.2. The second-order valence-corrected chi connectivity index (χ2v) is 8.55. The van der Waals surface area contributed by atoms with Crippen LogP contribution >= 0.6 is 23.5 Å². The average Bonchev–Trinajstić information content (AvgIpc) is 2.97. The number of fused-ring (bicyclic) bond motifs is 4. The van der Waals surface area contributed by atoms with Crippen molar-refractivity contribution in [3.63, 3.8) is 0 Å². The Morgan fingerprint density at radius 3 is 3.00 bits per heavy atom. The van der Waals surface area contributed by atoms with E-state index in [-0.39, 0.29) is 10.00 Å². The van der Waals surface area contributed by atoms with Gasteiger partial charge in [0.25, 0.3) is 0 Å². The molecule has 18 heavy (non-hydrogen) atoms. The van der Waals surface area contributed by atoms with Crippen LogP contribution in [0.1, 0.15) is 36.5 Å². The van der Waals surface area contributed by atoms with Gasteiger partial charge >= 0.3 is 0 Å². The molecule has 2 nitrogen and oxygen atoms in total. The Morgan fingerprint density at radius 1 is 1.33 bits per heavy atom. The molecule has 0 unspecified atom stereocenters. The van der Waals surface area contributed by atoms with Gasteiger partial charge in [0.15, 0.2) is 0 Å². The fourth-order valence-electron chi connectivity index (χ4n) is 3.72. The Hall–Kier alpha value is -0.350. The van der Waals surface area contributed by atoms with Crippen LogP contribution in [0.15, 0.2) is 16.7 Å². The van der Waals surface area contributed by atoms with Crippen molar-refractivity contribution in [1.29, 1.82) is 0 Å². The number of carbonyl (C=O) groups is 1. The van der Waals surface area contributed by atoms with Crippen molar-refractivity contribution in [1.82, 2.24) is 0 Å². The second kappa shape index (κ2) is 4.07. The number of hydrogen-bond acceptors (Lipinski definition) is 4. The first-order valence-corrected chi connectivity index (χ1v) is 8.64. The zero-order chi connectivity index (χ0) is 12.2.